The second-order valence-corrected chi connectivity index (χ2v) is 4.93. The highest BCUT2D eigenvalue weighted by atomic mass is 15.0. The molecule has 2 heterocycles. The maximum absolute atomic E-state index is 4.69. The van der Waals surface area contributed by atoms with Crippen molar-refractivity contribution >= 4 is 16.4 Å². The number of nitrogens with zero attached hydrogens (tertiary/aromatic N) is 3. The third kappa shape index (κ3) is 1.67. The fourth-order valence-electron chi connectivity index (χ4n) is 2.54. The molecule has 0 aliphatic carbocycles. The first-order chi connectivity index (χ1) is 9.81. The van der Waals surface area contributed by atoms with Gasteiger partial charge in [0.2, 0.25) is 0 Å². The monoisotopic (exact) mass is 259 g/mol. The fourth-order valence-corrected chi connectivity index (χ4v) is 2.54. The molecular weight excluding hydrogens is 246 g/mol. The summed E-state index contributed by atoms with van der Waals surface area (Å²) in [4.78, 5) is 8.97. The summed E-state index contributed by atoms with van der Waals surface area (Å²) in [7, 11) is 0. The van der Waals surface area contributed by atoms with Gasteiger partial charge in [-0.2, -0.15) is 0 Å². The van der Waals surface area contributed by atoms with Crippen molar-refractivity contribution < 1.29 is 0 Å². The minimum Gasteiger partial charge on any atom is -0.303 e. The molecule has 0 bridgehead atoms. The molecule has 0 spiro atoms. The zero-order valence-corrected chi connectivity index (χ0v) is 11.1. The SMILES string of the molecule is Cc1nccn2cc(-c3ccc4ccccc4c3)nc12. The number of imidazole rings is 1. The Morgan fingerprint density at radius 1 is 1.00 bits per heavy atom. The van der Waals surface area contributed by atoms with Gasteiger partial charge < -0.3 is 4.40 Å². The van der Waals surface area contributed by atoms with Crippen LogP contribution in [-0.4, -0.2) is 14.4 Å². The number of aryl methyl sites for hydroxylation is 1. The average molecular weight is 259 g/mol. The molecule has 4 aromatic rings. The van der Waals surface area contributed by atoms with Gasteiger partial charge in [0.15, 0.2) is 5.65 Å². The molecule has 0 amide bonds. The van der Waals surface area contributed by atoms with Crippen LogP contribution in [0.4, 0.5) is 0 Å². The van der Waals surface area contributed by atoms with Gasteiger partial charge in [0.1, 0.15) is 0 Å². The van der Waals surface area contributed by atoms with E-state index in [1.807, 2.05) is 23.7 Å². The smallest absolute Gasteiger partial charge is 0.158 e. The largest absolute Gasteiger partial charge is 0.303 e. The van der Waals surface area contributed by atoms with Gasteiger partial charge in [-0.15, -0.1) is 0 Å². The second kappa shape index (κ2) is 4.17. The van der Waals surface area contributed by atoms with Gasteiger partial charge in [0.05, 0.1) is 11.4 Å². The van der Waals surface area contributed by atoms with Gasteiger partial charge in [-0.25, -0.2) is 4.98 Å². The molecule has 0 radical (unpaired) electrons. The summed E-state index contributed by atoms with van der Waals surface area (Å²) < 4.78 is 2.02. The van der Waals surface area contributed by atoms with Gasteiger partial charge in [-0.05, 0) is 23.8 Å². The van der Waals surface area contributed by atoms with Crippen molar-refractivity contribution in [3.63, 3.8) is 0 Å². The van der Waals surface area contributed by atoms with Crippen molar-refractivity contribution in [1.29, 1.82) is 0 Å². The van der Waals surface area contributed by atoms with E-state index in [4.69, 9.17) is 0 Å². The Morgan fingerprint density at radius 2 is 1.85 bits per heavy atom. The van der Waals surface area contributed by atoms with E-state index in [1.165, 1.54) is 10.8 Å². The first kappa shape index (κ1) is 11.2. The number of aromatic nitrogens is 3. The Kier molecular flexibility index (Phi) is 2.33. The summed E-state index contributed by atoms with van der Waals surface area (Å²) in [6.07, 6.45) is 5.78. The van der Waals surface area contributed by atoms with E-state index in [-0.39, 0.29) is 0 Å². The summed E-state index contributed by atoms with van der Waals surface area (Å²) in [5, 5.41) is 2.48. The molecule has 20 heavy (non-hydrogen) atoms. The number of hydrogen-bond acceptors (Lipinski definition) is 2. The van der Waals surface area contributed by atoms with Gasteiger partial charge in [-0.1, -0.05) is 36.4 Å². The lowest BCUT2D eigenvalue weighted by molar-refractivity contribution is 1.08. The van der Waals surface area contributed by atoms with E-state index >= 15 is 0 Å². The first-order valence-electron chi connectivity index (χ1n) is 6.61. The normalized spacial score (nSPS) is 11.2. The predicted octanol–water partition coefficient (Wildman–Crippen LogP) is 3.86. The zero-order chi connectivity index (χ0) is 13.5. The molecule has 0 aliphatic heterocycles. The standard InChI is InChI=1S/C17H13N3/c1-12-17-19-16(11-20(17)9-8-18-12)15-7-6-13-4-2-3-5-14(13)10-15/h2-11H,1H3. The number of benzene rings is 2. The fraction of sp³-hybridized carbons (Fsp3) is 0.0588. The van der Waals surface area contributed by atoms with Crippen molar-refractivity contribution in [2.75, 3.05) is 0 Å². The van der Waals surface area contributed by atoms with E-state index in [2.05, 4.69) is 52.4 Å². The summed E-state index contributed by atoms with van der Waals surface area (Å²) in [6.45, 7) is 1.98. The van der Waals surface area contributed by atoms with Crippen LogP contribution in [0.2, 0.25) is 0 Å². The van der Waals surface area contributed by atoms with Gasteiger partial charge in [0.25, 0.3) is 0 Å². The van der Waals surface area contributed by atoms with Gasteiger partial charge in [-0.3, -0.25) is 4.98 Å². The molecule has 0 aliphatic rings. The quantitative estimate of drug-likeness (QED) is 0.519. The lowest BCUT2D eigenvalue weighted by Crippen LogP contribution is -1.88. The van der Waals surface area contributed by atoms with Crippen LogP contribution in [0.1, 0.15) is 5.69 Å². The molecule has 0 atom stereocenters. The highest BCUT2D eigenvalue weighted by Gasteiger charge is 2.07. The van der Waals surface area contributed by atoms with Crippen LogP contribution in [0, 0.1) is 6.92 Å². The molecule has 2 aromatic heterocycles. The second-order valence-electron chi connectivity index (χ2n) is 4.93. The van der Waals surface area contributed by atoms with Crippen LogP contribution < -0.4 is 0 Å². The topological polar surface area (TPSA) is 30.2 Å². The van der Waals surface area contributed by atoms with E-state index in [0.29, 0.717) is 0 Å². The van der Waals surface area contributed by atoms with E-state index < -0.39 is 0 Å². The maximum Gasteiger partial charge on any atom is 0.158 e. The van der Waals surface area contributed by atoms with Crippen molar-refractivity contribution in [3.8, 4) is 11.3 Å². The molecule has 0 N–H and O–H groups in total. The third-order valence-corrected chi connectivity index (χ3v) is 3.60. The summed E-state index contributed by atoms with van der Waals surface area (Å²) >= 11 is 0. The molecule has 0 unspecified atom stereocenters. The van der Waals surface area contributed by atoms with E-state index in [0.717, 1.165) is 22.6 Å². The Bertz CT molecular complexity index is 922. The van der Waals surface area contributed by atoms with Crippen LogP contribution in [0.25, 0.3) is 27.7 Å². The molecule has 0 fully saturated rings. The highest BCUT2D eigenvalue weighted by Crippen LogP contribution is 2.24. The van der Waals surface area contributed by atoms with Crippen LogP contribution in [0.15, 0.2) is 61.1 Å². The average Bonchev–Trinajstić information content (AvgIpc) is 2.92. The number of rotatable bonds is 1. The molecular formula is C17H13N3. The summed E-state index contributed by atoms with van der Waals surface area (Å²) in [6, 6.07) is 14.8. The maximum atomic E-state index is 4.69. The number of hydrogen-bond donors (Lipinski definition) is 0. The predicted molar refractivity (Wildman–Crippen MR) is 80.7 cm³/mol. The van der Waals surface area contributed by atoms with Crippen LogP contribution >= 0.6 is 0 Å². The summed E-state index contributed by atoms with van der Waals surface area (Å²) in [5.74, 6) is 0. The van der Waals surface area contributed by atoms with Crippen molar-refractivity contribution in [2.24, 2.45) is 0 Å². The number of fused-ring (bicyclic) bond motifs is 2. The van der Waals surface area contributed by atoms with Crippen molar-refractivity contribution in [2.45, 2.75) is 6.92 Å². The van der Waals surface area contributed by atoms with Crippen molar-refractivity contribution in [3.05, 3.63) is 66.7 Å². The lowest BCUT2D eigenvalue weighted by atomic mass is 10.1. The highest BCUT2D eigenvalue weighted by molar-refractivity contribution is 5.86. The molecule has 0 saturated carbocycles. The Balaban J connectivity index is 1.94. The van der Waals surface area contributed by atoms with Crippen LogP contribution in [-0.2, 0) is 0 Å². The Labute approximate surface area is 116 Å². The van der Waals surface area contributed by atoms with Gasteiger partial charge in [0, 0.05) is 24.2 Å². The molecule has 3 nitrogen and oxygen atoms in total. The van der Waals surface area contributed by atoms with Crippen LogP contribution in [0.5, 0.6) is 0 Å². The Hall–Kier alpha value is -2.68. The van der Waals surface area contributed by atoms with Crippen LogP contribution in [0.3, 0.4) is 0 Å². The van der Waals surface area contributed by atoms with E-state index in [1.54, 1.807) is 6.20 Å². The minimum atomic E-state index is 0.913. The molecule has 2 aromatic carbocycles. The minimum absolute atomic E-state index is 0.913. The zero-order valence-electron chi connectivity index (χ0n) is 11.1. The third-order valence-electron chi connectivity index (χ3n) is 3.60. The molecule has 3 heteroatoms. The molecule has 96 valence electrons. The summed E-state index contributed by atoms with van der Waals surface area (Å²) in [5.41, 5.74) is 3.97. The van der Waals surface area contributed by atoms with Crippen molar-refractivity contribution in [1.82, 2.24) is 14.4 Å². The molecule has 4 rings (SSSR count). The molecule has 0 saturated heterocycles. The van der Waals surface area contributed by atoms with Gasteiger partial charge >= 0.3 is 0 Å². The lowest BCUT2D eigenvalue weighted by Gasteiger charge is -2.00. The first-order valence-corrected chi connectivity index (χ1v) is 6.61. The Morgan fingerprint density at radius 3 is 2.70 bits per heavy atom. The van der Waals surface area contributed by atoms with E-state index in [9.17, 15) is 0 Å².